The Morgan fingerprint density at radius 2 is 1.74 bits per heavy atom. The van der Waals surface area contributed by atoms with Crippen LogP contribution in [0.3, 0.4) is 0 Å². The summed E-state index contributed by atoms with van der Waals surface area (Å²) in [6.07, 6.45) is 1.93. The highest BCUT2D eigenvalue weighted by atomic mass is 16.3. The van der Waals surface area contributed by atoms with Gasteiger partial charge in [-0.05, 0) is 33.3 Å². The summed E-state index contributed by atoms with van der Waals surface area (Å²) >= 11 is 0. The van der Waals surface area contributed by atoms with Crippen molar-refractivity contribution < 1.29 is 5.11 Å². The molecule has 0 aliphatic heterocycles. The SMILES string of the molecule is Cc1cc(C)cc(Cc2ncc([C@H](C)O)c(C)n2)c1. The Hall–Kier alpha value is -1.74. The van der Waals surface area contributed by atoms with E-state index in [0.717, 1.165) is 23.5 Å². The van der Waals surface area contributed by atoms with E-state index in [-0.39, 0.29) is 0 Å². The van der Waals surface area contributed by atoms with Crippen molar-refractivity contribution in [3.8, 4) is 0 Å². The van der Waals surface area contributed by atoms with Crippen molar-refractivity contribution >= 4 is 0 Å². The Bertz CT molecular complexity index is 571. The normalized spacial score (nSPS) is 12.5. The highest BCUT2D eigenvalue weighted by molar-refractivity contribution is 5.30. The zero-order valence-corrected chi connectivity index (χ0v) is 11.9. The van der Waals surface area contributed by atoms with Gasteiger partial charge in [-0.3, -0.25) is 0 Å². The second-order valence-electron chi connectivity index (χ2n) is 5.18. The van der Waals surface area contributed by atoms with Crippen LogP contribution in [0.4, 0.5) is 0 Å². The molecule has 0 saturated carbocycles. The number of aryl methyl sites for hydroxylation is 3. The predicted octanol–water partition coefficient (Wildman–Crippen LogP) is 3.05. The standard InChI is InChI=1S/C16H20N2O/c1-10-5-11(2)7-14(6-10)8-16-17-9-15(13(4)19)12(3)18-16/h5-7,9,13,19H,8H2,1-4H3/t13-/m0/s1. The second kappa shape index (κ2) is 5.49. The maximum atomic E-state index is 9.58. The van der Waals surface area contributed by atoms with Gasteiger partial charge in [-0.2, -0.15) is 0 Å². The summed E-state index contributed by atoms with van der Waals surface area (Å²) in [5.74, 6) is 0.798. The number of benzene rings is 1. The van der Waals surface area contributed by atoms with Gasteiger partial charge in [-0.15, -0.1) is 0 Å². The first kappa shape index (κ1) is 13.7. The number of hydrogen-bond donors (Lipinski definition) is 1. The molecule has 3 nitrogen and oxygen atoms in total. The molecule has 1 aromatic carbocycles. The molecule has 0 aliphatic carbocycles. The van der Waals surface area contributed by atoms with Crippen LogP contribution < -0.4 is 0 Å². The minimum Gasteiger partial charge on any atom is -0.389 e. The molecule has 0 bridgehead atoms. The van der Waals surface area contributed by atoms with Crippen LogP contribution in [0.1, 0.15) is 46.8 Å². The molecule has 0 amide bonds. The molecule has 0 spiro atoms. The molecule has 3 heteroatoms. The third-order valence-electron chi connectivity index (χ3n) is 3.16. The van der Waals surface area contributed by atoms with Crippen molar-refractivity contribution in [1.82, 2.24) is 9.97 Å². The molecule has 0 radical (unpaired) electrons. The molecular weight excluding hydrogens is 236 g/mol. The molecular formula is C16H20N2O. The summed E-state index contributed by atoms with van der Waals surface area (Å²) in [6, 6.07) is 6.48. The van der Waals surface area contributed by atoms with Gasteiger partial charge in [0.15, 0.2) is 0 Å². The molecule has 0 fully saturated rings. The van der Waals surface area contributed by atoms with Crippen molar-refractivity contribution in [3.63, 3.8) is 0 Å². The third-order valence-corrected chi connectivity index (χ3v) is 3.16. The van der Waals surface area contributed by atoms with Crippen LogP contribution in [0, 0.1) is 20.8 Å². The van der Waals surface area contributed by atoms with E-state index in [2.05, 4.69) is 42.0 Å². The summed E-state index contributed by atoms with van der Waals surface area (Å²) in [5, 5.41) is 9.58. The molecule has 1 aromatic heterocycles. The van der Waals surface area contributed by atoms with Gasteiger partial charge >= 0.3 is 0 Å². The molecule has 0 saturated heterocycles. The van der Waals surface area contributed by atoms with Crippen molar-refractivity contribution in [2.24, 2.45) is 0 Å². The number of rotatable bonds is 3. The summed E-state index contributed by atoms with van der Waals surface area (Å²) in [5.41, 5.74) is 5.38. The Balaban J connectivity index is 2.26. The molecule has 1 atom stereocenters. The van der Waals surface area contributed by atoms with Gasteiger partial charge in [0.1, 0.15) is 5.82 Å². The molecule has 2 aromatic rings. The Morgan fingerprint density at radius 3 is 2.26 bits per heavy atom. The topological polar surface area (TPSA) is 46.0 Å². The van der Waals surface area contributed by atoms with Crippen LogP contribution in [0.25, 0.3) is 0 Å². The highest BCUT2D eigenvalue weighted by Gasteiger charge is 2.08. The lowest BCUT2D eigenvalue weighted by atomic mass is 10.0. The van der Waals surface area contributed by atoms with Crippen molar-refractivity contribution in [2.45, 2.75) is 40.2 Å². The average Bonchev–Trinajstić information content (AvgIpc) is 2.26. The quantitative estimate of drug-likeness (QED) is 0.918. The number of aromatic nitrogens is 2. The van der Waals surface area contributed by atoms with Crippen LogP contribution in [0.5, 0.6) is 0 Å². The minimum atomic E-state index is -0.518. The lowest BCUT2D eigenvalue weighted by Crippen LogP contribution is -2.04. The smallest absolute Gasteiger partial charge is 0.132 e. The van der Waals surface area contributed by atoms with Gasteiger partial charge in [-0.1, -0.05) is 29.3 Å². The zero-order valence-electron chi connectivity index (χ0n) is 11.9. The van der Waals surface area contributed by atoms with Crippen LogP contribution in [-0.2, 0) is 6.42 Å². The van der Waals surface area contributed by atoms with Gasteiger partial charge < -0.3 is 5.11 Å². The summed E-state index contributed by atoms with van der Waals surface area (Å²) in [4.78, 5) is 8.82. The summed E-state index contributed by atoms with van der Waals surface area (Å²) in [7, 11) is 0. The summed E-state index contributed by atoms with van der Waals surface area (Å²) in [6.45, 7) is 7.84. The predicted molar refractivity (Wildman–Crippen MR) is 76.1 cm³/mol. The maximum absolute atomic E-state index is 9.58. The van der Waals surface area contributed by atoms with Gasteiger partial charge in [0.25, 0.3) is 0 Å². The fraction of sp³-hybridized carbons (Fsp3) is 0.375. The van der Waals surface area contributed by atoms with E-state index in [1.54, 1.807) is 13.1 Å². The summed E-state index contributed by atoms with van der Waals surface area (Å²) < 4.78 is 0. The number of aliphatic hydroxyl groups is 1. The first-order valence-electron chi connectivity index (χ1n) is 6.53. The van der Waals surface area contributed by atoms with Crippen LogP contribution in [0.2, 0.25) is 0 Å². The molecule has 0 unspecified atom stereocenters. The lowest BCUT2D eigenvalue weighted by Gasteiger charge is -2.09. The first-order chi connectivity index (χ1) is 8.95. The molecule has 100 valence electrons. The molecule has 1 N–H and O–H groups in total. The highest BCUT2D eigenvalue weighted by Crippen LogP contribution is 2.16. The largest absolute Gasteiger partial charge is 0.389 e. The number of hydrogen-bond acceptors (Lipinski definition) is 3. The van der Waals surface area contributed by atoms with E-state index in [4.69, 9.17) is 0 Å². The van der Waals surface area contributed by atoms with Gasteiger partial charge in [-0.25, -0.2) is 9.97 Å². The monoisotopic (exact) mass is 256 g/mol. The third kappa shape index (κ3) is 3.38. The van der Waals surface area contributed by atoms with E-state index in [0.29, 0.717) is 0 Å². The van der Waals surface area contributed by atoms with Gasteiger partial charge in [0.2, 0.25) is 0 Å². The molecule has 2 rings (SSSR count). The molecule has 0 aliphatic rings. The Morgan fingerprint density at radius 1 is 1.11 bits per heavy atom. The van der Waals surface area contributed by atoms with Gasteiger partial charge in [0, 0.05) is 23.9 Å². The van der Waals surface area contributed by atoms with Crippen molar-refractivity contribution in [2.75, 3.05) is 0 Å². The van der Waals surface area contributed by atoms with E-state index < -0.39 is 6.10 Å². The first-order valence-corrected chi connectivity index (χ1v) is 6.53. The van der Waals surface area contributed by atoms with E-state index >= 15 is 0 Å². The van der Waals surface area contributed by atoms with Crippen molar-refractivity contribution in [3.05, 3.63) is 58.2 Å². The number of aliphatic hydroxyl groups excluding tert-OH is 1. The fourth-order valence-electron chi connectivity index (χ4n) is 2.37. The average molecular weight is 256 g/mol. The minimum absolute atomic E-state index is 0.518. The zero-order chi connectivity index (χ0) is 14.0. The number of nitrogens with zero attached hydrogens (tertiary/aromatic N) is 2. The van der Waals surface area contributed by atoms with Crippen molar-refractivity contribution in [1.29, 1.82) is 0 Å². The van der Waals surface area contributed by atoms with Gasteiger partial charge in [0.05, 0.1) is 6.10 Å². The van der Waals surface area contributed by atoms with E-state index in [1.807, 2.05) is 6.92 Å². The lowest BCUT2D eigenvalue weighted by molar-refractivity contribution is 0.197. The van der Waals surface area contributed by atoms with Crippen LogP contribution >= 0.6 is 0 Å². The van der Waals surface area contributed by atoms with Crippen LogP contribution in [-0.4, -0.2) is 15.1 Å². The fourth-order valence-corrected chi connectivity index (χ4v) is 2.37. The Labute approximate surface area is 114 Å². The van der Waals surface area contributed by atoms with E-state index in [9.17, 15) is 5.11 Å². The van der Waals surface area contributed by atoms with E-state index in [1.165, 1.54) is 16.7 Å². The Kier molecular flexibility index (Phi) is 3.96. The molecule has 19 heavy (non-hydrogen) atoms. The molecule has 1 heterocycles. The maximum Gasteiger partial charge on any atom is 0.132 e. The second-order valence-corrected chi connectivity index (χ2v) is 5.18. The van der Waals surface area contributed by atoms with Crippen LogP contribution in [0.15, 0.2) is 24.4 Å².